The number of hydrogen-bond acceptors (Lipinski definition) is 3. The van der Waals surface area contributed by atoms with Crippen LogP contribution < -0.4 is 15.0 Å². The molecule has 25 heavy (non-hydrogen) atoms. The molecule has 1 N–H and O–H groups in total. The Bertz CT molecular complexity index is 805. The number of fused-ring (bicyclic) bond motifs is 1. The summed E-state index contributed by atoms with van der Waals surface area (Å²) in [6.45, 7) is 4.30. The predicted molar refractivity (Wildman–Crippen MR) is 96.8 cm³/mol. The number of ether oxygens (including phenoxy) is 1. The fourth-order valence-electron chi connectivity index (χ4n) is 2.99. The SMILES string of the molecule is CCOc1ccc(CN2C(=O)[C@@H](NC(C)=O)c3cccc(Cl)c32)cc1. The van der Waals surface area contributed by atoms with Crippen LogP contribution >= 0.6 is 11.6 Å². The second-order valence-corrected chi connectivity index (χ2v) is 6.22. The van der Waals surface area contributed by atoms with Crippen LogP contribution in [0.4, 0.5) is 5.69 Å². The number of amides is 2. The zero-order chi connectivity index (χ0) is 18.0. The number of nitrogens with zero attached hydrogens (tertiary/aromatic N) is 1. The van der Waals surface area contributed by atoms with Crippen LogP contribution in [0.1, 0.15) is 31.0 Å². The molecule has 1 aliphatic rings. The summed E-state index contributed by atoms with van der Waals surface area (Å²) in [5.41, 5.74) is 2.33. The third kappa shape index (κ3) is 3.46. The quantitative estimate of drug-likeness (QED) is 0.890. The number of rotatable bonds is 5. The van der Waals surface area contributed by atoms with Crippen molar-refractivity contribution in [3.05, 3.63) is 58.6 Å². The molecule has 0 radical (unpaired) electrons. The molecule has 1 atom stereocenters. The number of benzene rings is 2. The van der Waals surface area contributed by atoms with Crippen LogP contribution in [0.3, 0.4) is 0 Å². The van der Waals surface area contributed by atoms with Gasteiger partial charge in [0.1, 0.15) is 11.8 Å². The van der Waals surface area contributed by atoms with Gasteiger partial charge in [-0.2, -0.15) is 0 Å². The van der Waals surface area contributed by atoms with Crippen molar-refractivity contribution in [2.75, 3.05) is 11.5 Å². The van der Waals surface area contributed by atoms with Crippen molar-refractivity contribution >= 4 is 29.1 Å². The minimum absolute atomic E-state index is 0.188. The Hall–Kier alpha value is -2.53. The number of carbonyl (C=O) groups excluding carboxylic acids is 2. The van der Waals surface area contributed by atoms with Gasteiger partial charge in [-0.15, -0.1) is 0 Å². The van der Waals surface area contributed by atoms with Crippen LogP contribution in [0, 0.1) is 0 Å². The third-order valence-electron chi connectivity index (χ3n) is 4.03. The number of para-hydroxylation sites is 1. The average molecular weight is 359 g/mol. The molecular formula is C19H19ClN2O3. The molecular weight excluding hydrogens is 340 g/mol. The first kappa shape index (κ1) is 17.3. The van der Waals surface area contributed by atoms with E-state index in [4.69, 9.17) is 16.3 Å². The molecule has 0 unspecified atom stereocenters. The summed E-state index contributed by atoms with van der Waals surface area (Å²) in [7, 11) is 0. The lowest BCUT2D eigenvalue weighted by Crippen LogP contribution is -2.36. The number of carbonyl (C=O) groups is 2. The maximum Gasteiger partial charge on any atom is 0.254 e. The van der Waals surface area contributed by atoms with E-state index in [1.807, 2.05) is 37.3 Å². The van der Waals surface area contributed by atoms with E-state index in [0.717, 1.165) is 16.9 Å². The standard InChI is InChI=1S/C19H19ClN2O3/c1-3-25-14-9-7-13(8-10-14)11-22-18-15(5-4-6-16(18)20)17(19(22)24)21-12(2)23/h4-10,17H,3,11H2,1-2H3,(H,21,23)/t17-/m0/s1. The molecule has 2 amide bonds. The first-order valence-electron chi connectivity index (χ1n) is 8.10. The third-order valence-corrected chi connectivity index (χ3v) is 4.34. The molecule has 1 heterocycles. The molecule has 2 aromatic carbocycles. The van der Waals surface area contributed by atoms with Crippen LogP contribution in [0.2, 0.25) is 5.02 Å². The largest absolute Gasteiger partial charge is 0.494 e. The van der Waals surface area contributed by atoms with Crippen LogP contribution in [0.15, 0.2) is 42.5 Å². The summed E-state index contributed by atoms with van der Waals surface area (Å²) in [6.07, 6.45) is 0. The molecule has 0 spiro atoms. The Morgan fingerprint density at radius 2 is 1.96 bits per heavy atom. The Morgan fingerprint density at radius 1 is 1.24 bits per heavy atom. The van der Waals surface area contributed by atoms with Gasteiger partial charge in [0.2, 0.25) is 5.91 Å². The highest BCUT2D eigenvalue weighted by molar-refractivity contribution is 6.34. The van der Waals surface area contributed by atoms with E-state index >= 15 is 0 Å². The monoisotopic (exact) mass is 358 g/mol. The first-order valence-corrected chi connectivity index (χ1v) is 8.47. The lowest BCUT2D eigenvalue weighted by molar-refractivity contribution is -0.126. The highest BCUT2D eigenvalue weighted by Gasteiger charge is 2.39. The predicted octanol–water partition coefficient (Wildman–Crippen LogP) is 3.46. The van der Waals surface area contributed by atoms with Crippen molar-refractivity contribution in [3.63, 3.8) is 0 Å². The van der Waals surface area contributed by atoms with Crippen molar-refractivity contribution in [2.45, 2.75) is 26.4 Å². The van der Waals surface area contributed by atoms with Gasteiger partial charge >= 0.3 is 0 Å². The zero-order valence-corrected chi connectivity index (χ0v) is 14.8. The Labute approximate surface area is 151 Å². The smallest absolute Gasteiger partial charge is 0.254 e. The zero-order valence-electron chi connectivity index (χ0n) is 14.1. The second-order valence-electron chi connectivity index (χ2n) is 5.81. The molecule has 3 rings (SSSR count). The summed E-state index contributed by atoms with van der Waals surface area (Å²) < 4.78 is 5.44. The lowest BCUT2D eigenvalue weighted by Gasteiger charge is -2.19. The summed E-state index contributed by atoms with van der Waals surface area (Å²) in [5, 5.41) is 3.20. The molecule has 1 aliphatic heterocycles. The maximum atomic E-state index is 12.9. The van der Waals surface area contributed by atoms with E-state index in [1.165, 1.54) is 6.92 Å². The van der Waals surface area contributed by atoms with E-state index in [0.29, 0.717) is 23.9 Å². The molecule has 0 saturated carbocycles. The Kier molecular flexibility index (Phi) is 4.95. The van der Waals surface area contributed by atoms with Crippen LogP contribution in [0.25, 0.3) is 0 Å². The van der Waals surface area contributed by atoms with Gasteiger partial charge in [-0.3, -0.25) is 9.59 Å². The summed E-state index contributed by atoms with van der Waals surface area (Å²) in [5.74, 6) is 0.341. The minimum Gasteiger partial charge on any atom is -0.494 e. The van der Waals surface area contributed by atoms with Gasteiger partial charge in [0.05, 0.1) is 23.9 Å². The van der Waals surface area contributed by atoms with E-state index < -0.39 is 6.04 Å². The van der Waals surface area contributed by atoms with E-state index in [2.05, 4.69) is 5.32 Å². The van der Waals surface area contributed by atoms with Crippen molar-refractivity contribution in [2.24, 2.45) is 0 Å². The van der Waals surface area contributed by atoms with Gasteiger partial charge in [-0.1, -0.05) is 35.9 Å². The van der Waals surface area contributed by atoms with Crippen LogP contribution in [-0.4, -0.2) is 18.4 Å². The second kappa shape index (κ2) is 7.15. The lowest BCUT2D eigenvalue weighted by atomic mass is 10.1. The summed E-state index contributed by atoms with van der Waals surface area (Å²) >= 11 is 6.34. The number of anilines is 1. The van der Waals surface area contributed by atoms with Crippen molar-refractivity contribution in [1.29, 1.82) is 0 Å². The molecule has 2 aromatic rings. The molecule has 6 heteroatoms. The normalized spacial score (nSPS) is 15.9. The molecule has 0 aliphatic carbocycles. The van der Waals surface area contributed by atoms with E-state index in [-0.39, 0.29) is 11.8 Å². The van der Waals surface area contributed by atoms with Gasteiger partial charge in [0.15, 0.2) is 0 Å². The van der Waals surface area contributed by atoms with Crippen molar-refractivity contribution in [1.82, 2.24) is 5.32 Å². The first-order chi connectivity index (χ1) is 12.0. The van der Waals surface area contributed by atoms with Crippen LogP contribution in [-0.2, 0) is 16.1 Å². The fourth-order valence-corrected chi connectivity index (χ4v) is 3.27. The van der Waals surface area contributed by atoms with Gasteiger partial charge in [0.25, 0.3) is 5.91 Å². The Morgan fingerprint density at radius 3 is 2.60 bits per heavy atom. The summed E-state index contributed by atoms with van der Waals surface area (Å²) in [4.78, 5) is 25.9. The van der Waals surface area contributed by atoms with E-state index in [1.54, 1.807) is 17.0 Å². The minimum atomic E-state index is -0.700. The van der Waals surface area contributed by atoms with E-state index in [9.17, 15) is 9.59 Å². The molecule has 0 bridgehead atoms. The average Bonchev–Trinajstić information content (AvgIpc) is 2.83. The molecule has 0 aromatic heterocycles. The highest BCUT2D eigenvalue weighted by atomic mass is 35.5. The fraction of sp³-hybridized carbons (Fsp3) is 0.263. The maximum absolute atomic E-state index is 12.9. The molecule has 130 valence electrons. The summed E-state index contributed by atoms with van der Waals surface area (Å²) in [6, 6.07) is 12.2. The Balaban J connectivity index is 1.91. The van der Waals surface area contributed by atoms with Crippen LogP contribution in [0.5, 0.6) is 5.75 Å². The number of nitrogens with one attached hydrogen (secondary N) is 1. The van der Waals surface area contributed by atoms with Gasteiger partial charge in [0, 0.05) is 12.5 Å². The van der Waals surface area contributed by atoms with Crippen molar-refractivity contribution < 1.29 is 14.3 Å². The molecule has 0 saturated heterocycles. The molecule has 0 fully saturated rings. The number of hydrogen-bond donors (Lipinski definition) is 1. The van der Waals surface area contributed by atoms with Gasteiger partial charge < -0.3 is 15.0 Å². The number of halogens is 1. The molecule has 5 nitrogen and oxygen atoms in total. The van der Waals surface area contributed by atoms with Gasteiger partial charge in [-0.05, 0) is 30.7 Å². The highest BCUT2D eigenvalue weighted by Crippen LogP contribution is 2.41. The topological polar surface area (TPSA) is 58.6 Å². The van der Waals surface area contributed by atoms with Crippen molar-refractivity contribution in [3.8, 4) is 5.75 Å². The van der Waals surface area contributed by atoms with Gasteiger partial charge in [-0.25, -0.2) is 0 Å².